The minimum absolute atomic E-state index is 0.377. The van der Waals surface area contributed by atoms with Gasteiger partial charge in [0.05, 0.1) is 25.9 Å². The van der Waals surface area contributed by atoms with Crippen molar-refractivity contribution in [3.05, 3.63) is 12.3 Å². The van der Waals surface area contributed by atoms with Crippen molar-refractivity contribution >= 4 is 11.8 Å². The number of hydrogen-bond donors (Lipinski definition) is 1. The maximum absolute atomic E-state index is 5.11. The Balaban J connectivity index is 1.94. The number of nitrogens with zero attached hydrogens (tertiary/aromatic N) is 3. The van der Waals surface area contributed by atoms with Gasteiger partial charge in [-0.25, -0.2) is 4.98 Å². The molecule has 0 aliphatic carbocycles. The van der Waals surface area contributed by atoms with Crippen molar-refractivity contribution in [2.24, 2.45) is 0 Å². The van der Waals surface area contributed by atoms with Crippen LogP contribution in [0.15, 0.2) is 12.3 Å². The third-order valence-electron chi connectivity index (χ3n) is 2.61. The third-order valence-corrected chi connectivity index (χ3v) is 2.61. The molecule has 0 unspecified atom stereocenters. The van der Waals surface area contributed by atoms with Crippen molar-refractivity contribution in [1.82, 2.24) is 9.97 Å². The number of hydrogen-bond acceptors (Lipinski definition) is 6. The number of methoxy groups -OCH3 is 1. The van der Waals surface area contributed by atoms with E-state index in [0.717, 1.165) is 25.6 Å². The Hall–Kier alpha value is -1.40. The van der Waals surface area contributed by atoms with Crippen LogP contribution in [0.25, 0.3) is 0 Å². The van der Waals surface area contributed by atoms with Crippen LogP contribution in [0.3, 0.4) is 0 Å². The molecule has 94 valence electrons. The molecule has 6 nitrogen and oxygen atoms in total. The van der Waals surface area contributed by atoms with E-state index in [0.29, 0.717) is 18.6 Å². The molecule has 2 heterocycles. The lowest BCUT2D eigenvalue weighted by molar-refractivity contribution is 0.0209. The Kier molecular flexibility index (Phi) is 4.11. The Morgan fingerprint density at radius 3 is 3.06 bits per heavy atom. The second kappa shape index (κ2) is 5.79. The summed E-state index contributed by atoms with van der Waals surface area (Å²) in [5.74, 6) is 1.54. The summed E-state index contributed by atoms with van der Waals surface area (Å²) in [5, 5.41) is 3.30. The number of anilines is 2. The zero-order chi connectivity index (χ0) is 12.1. The first kappa shape index (κ1) is 12.1. The molecular formula is C11H18N4O2. The van der Waals surface area contributed by atoms with Crippen LogP contribution in [-0.4, -0.2) is 56.5 Å². The van der Waals surface area contributed by atoms with Gasteiger partial charge < -0.3 is 19.7 Å². The normalized spacial score (nSPS) is 15.4. The van der Waals surface area contributed by atoms with E-state index in [1.165, 1.54) is 0 Å². The fraction of sp³-hybridized carbons (Fsp3) is 0.636. The van der Waals surface area contributed by atoms with E-state index in [1.54, 1.807) is 13.3 Å². The quantitative estimate of drug-likeness (QED) is 0.772. The standard InChI is InChI=1S/C11H18N4O2/c1-15(5-6-16-2)11-12-4-3-10(14-11)13-9-7-17-8-9/h3-4,9H,5-8H2,1-2H3,(H,12,13,14). The van der Waals surface area contributed by atoms with E-state index in [1.807, 2.05) is 18.0 Å². The topological polar surface area (TPSA) is 59.5 Å². The molecule has 1 saturated heterocycles. The van der Waals surface area contributed by atoms with Crippen LogP contribution in [0.2, 0.25) is 0 Å². The lowest BCUT2D eigenvalue weighted by Gasteiger charge is -2.27. The first-order valence-corrected chi connectivity index (χ1v) is 5.67. The monoisotopic (exact) mass is 238 g/mol. The molecule has 1 aliphatic rings. The van der Waals surface area contributed by atoms with Gasteiger partial charge in [-0.1, -0.05) is 0 Å². The highest BCUT2D eigenvalue weighted by molar-refractivity contribution is 5.41. The van der Waals surface area contributed by atoms with Gasteiger partial charge in [0.25, 0.3) is 0 Å². The van der Waals surface area contributed by atoms with Crippen LogP contribution in [0.5, 0.6) is 0 Å². The van der Waals surface area contributed by atoms with Gasteiger partial charge in [0.1, 0.15) is 5.82 Å². The predicted octanol–water partition coefficient (Wildman–Crippen LogP) is 0.370. The van der Waals surface area contributed by atoms with Gasteiger partial charge in [0.2, 0.25) is 5.95 Å². The fourth-order valence-electron chi connectivity index (χ4n) is 1.47. The molecule has 0 saturated carbocycles. The zero-order valence-electron chi connectivity index (χ0n) is 10.2. The average molecular weight is 238 g/mol. The van der Waals surface area contributed by atoms with E-state index >= 15 is 0 Å². The van der Waals surface area contributed by atoms with Gasteiger partial charge in [0, 0.05) is 26.9 Å². The number of ether oxygens (including phenoxy) is 2. The highest BCUT2D eigenvalue weighted by Crippen LogP contribution is 2.12. The number of aromatic nitrogens is 2. The highest BCUT2D eigenvalue weighted by Gasteiger charge is 2.18. The molecule has 1 aromatic rings. The Morgan fingerprint density at radius 1 is 1.59 bits per heavy atom. The molecule has 0 atom stereocenters. The molecule has 1 aromatic heterocycles. The van der Waals surface area contributed by atoms with Gasteiger partial charge in [-0.3, -0.25) is 0 Å². The maximum Gasteiger partial charge on any atom is 0.227 e. The molecule has 0 spiro atoms. The Labute approximate surface area is 101 Å². The van der Waals surface area contributed by atoms with Crippen LogP contribution in [0.4, 0.5) is 11.8 Å². The van der Waals surface area contributed by atoms with E-state index in [2.05, 4.69) is 15.3 Å². The van der Waals surface area contributed by atoms with E-state index in [9.17, 15) is 0 Å². The summed E-state index contributed by atoms with van der Waals surface area (Å²) in [6.45, 7) is 2.93. The van der Waals surface area contributed by atoms with Gasteiger partial charge in [-0.15, -0.1) is 0 Å². The molecule has 0 amide bonds. The van der Waals surface area contributed by atoms with E-state index in [-0.39, 0.29) is 0 Å². The molecule has 1 N–H and O–H groups in total. The van der Waals surface area contributed by atoms with Crippen LogP contribution in [0, 0.1) is 0 Å². The minimum Gasteiger partial charge on any atom is -0.383 e. The number of likely N-dealkylation sites (N-methyl/N-ethyl adjacent to an activating group) is 1. The van der Waals surface area contributed by atoms with Crippen molar-refractivity contribution in [3.63, 3.8) is 0 Å². The predicted molar refractivity (Wildman–Crippen MR) is 65.4 cm³/mol. The number of nitrogens with one attached hydrogen (secondary N) is 1. The first-order chi connectivity index (χ1) is 8.29. The molecule has 6 heteroatoms. The van der Waals surface area contributed by atoms with E-state index < -0.39 is 0 Å². The van der Waals surface area contributed by atoms with Gasteiger partial charge in [-0.05, 0) is 6.07 Å². The fourth-order valence-corrected chi connectivity index (χ4v) is 1.47. The third kappa shape index (κ3) is 3.28. The van der Waals surface area contributed by atoms with Gasteiger partial charge in [0.15, 0.2) is 0 Å². The SMILES string of the molecule is COCCN(C)c1nccc(NC2COC2)n1. The molecule has 1 aliphatic heterocycles. The van der Waals surface area contributed by atoms with Crippen molar-refractivity contribution in [2.75, 3.05) is 50.7 Å². The summed E-state index contributed by atoms with van der Waals surface area (Å²) in [6.07, 6.45) is 1.76. The van der Waals surface area contributed by atoms with Crippen LogP contribution < -0.4 is 10.2 Å². The molecule has 0 bridgehead atoms. The van der Waals surface area contributed by atoms with Crippen molar-refractivity contribution in [2.45, 2.75) is 6.04 Å². The van der Waals surface area contributed by atoms with Gasteiger partial charge in [-0.2, -0.15) is 4.98 Å². The molecular weight excluding hydrogens is 220 g/mol. The largest absolute Gasteiger partial charge is 0.383 e. The maximum atomic E-state index is 5.11. The van der Waals surface area contributed by atoms with Crippen LogP contribution >= 0.6 is 0 Å². The number of rotatable bonds is 6. The van der Waals surface area contributed by atoms with Crippen molar-refractivity contribution < 1.29 is 9.47 Å². The summed E-state index contributed by atoms with van der Waals surface area (Å²) in [7, 11) is 3.63. The molecule has 1 fully saturated rings. The summed E-state index contributed by atoms with van der Waals surface area (Å²) >= 11 is 0. The molecule has 0 aromatic carbocycles. The summed E-state index contributed by atoms with van der Waals surface area (Å²) in [6, 6.07) is 2.24. The smallest absolute Gasteiger partial charge is 0.227 e. The lowest BCUT2D eigenvalue weighted by Crippen LogP contribution is -2.40. The zero-order valence-corrected chi connectivity index (χ0v) is 10.2. The van der Waals surface area contributed by atoms with Gasteiger partial charge >= 0.3 is 0 Å². The second-order valence-electron chi connectivity index (χ2n) is 4.03. The van der Waals surface area contributed by atoms with Crippen molar-refractivity contribution in [1.29, 1.82) is 0 Å². The Morgan fingerprint density at radius 2 is 2.41 bits per heavy atom. The summed E-state index contributed by atoms with van der Waals surface area (Å²) in [4.78, 5) is 10.6. The molecule has 17 heavy (non-hydrogen) atoms. The van der Waals surface area contributed by atoms with E-state index in [4.69, 9.17) is 9.47 Å². The summed E-state index contributed by atoms with van der Waals surface area (Å²) < 4.78 is 10.1. The average Bonchev–Trinajstić information content (AvgIpc) is 2.31. The minimum atomic E-state index is 0.377. The lowest BCUT2D eigenvalue weighted by atomic mass is 10.2. The molecule has 2 rings (SSSR count). The molecule has 0 radical (unpaired) electrons. The van der Waals surface area contributed by atoms with Crippen LogP contribution in [0.1, 0.15) is 0 Å². The van der Waals surface area contributed by atoms with Crippen LogP contribution in [-0.2, 0) is 9.47 Å². The second-order valence-corrected chi connectivity index (χ2v) is 4.03. The van der Waals surface area contributed by atoms with Crippen molar-refractivity contribution in [3.8, 4) is 0 Å². The highest BCUT2D eigenvalue weighted by atomic mass is 16.5. The Bertz CT molecular complexity index is 357. The first-order valence-electron chi connectivity index (χ1n) is 5.67. The summed E-state index contributed by atoms with van der Waals surface area (Å²) in [5.41, 5.74) is 0.